The highest BCUT2D eigenvalue weighted by Gasteiger charge is 2.49. The van der Waals surface area contributed by atoms with Gasteiger partial charge in [-0.25, -0.2) is 4.79 Å². The van der Waals surface area contributed by atoms with Crippen LogP contribution >= 0.6 is 0 Å². The van der Waals surface area contributed by atoms with Crippen molar-refractivity contribution in [3.63, 3.8) is 0 Å². The number of benzene rings is 2. The van der Waals surface area contributed by atoms with Crippen molar-refractivity contribution in [1.29, 1.82) is 0 Å². The summed E-state index contributed by atoms with van der Waals surface area (Å²) < 4.78 is 5.14. The Bertz CT molecular complexity index is 942. The molecule has 1 aliphatic rings. The molecular weight excluding hydrogens is 368 g/mol. The molecule has 0 aliphatic carbocycles. The predicted octanol–water partition coefficient (Wildman–Crippen LogP) is 3.64. The second kappa shape index (κ2) is 7.35. The molecule has 1 aliphatic heterocycles. The van der Waals surface area contributed by atoms with E-state index in [-0.39, 0.29) is 17.7 Å². The van der Waals surface area contributed by atoms with Gasteiger partial charge in [0.15, 0.2) is 5.78 Å². The Morgan fingerprint density at radius 2 is 1.62 bits per heavy atom. The molecule has 1 atom stereocenters. The number of methoxy groups -OCH3 is 1. The second-order valence-corrected chi connectivity index (χ2v) is 8.43. The van der Waals surface area contributed by atoms with Gasteiger partial charge in [0, 0.05) is 5.56 Å². The Labute approximate surface area is 170 Å². The molecule has 1 fully saturated rings. The van der Waals surface area contributed by atoms with E-state index in [4.69, 9.17) is 4.74 Å². The number of ketones is 1. The molecular formula is C23H26N2O4. The first kappa shape index (κ1) is 20.6. The number of nitrogens with zero attached hydrogens (tertiary/aromatic N) is 1. The van der Waals surface area contributed by atoms with Gasteiger partial charge in [-0.1, -0.05) is 57.2 Å². The maximum absolute atomic E-state index is 13.0. The Morgan fingerprint density at radius 1 is 1.03 bits per heavy atom. The average molecular weight is 394 g/mol. The molecule has 152 valence electrons. The summed E-state index contributed by atoms with van der Waals surface area (Å²) in [5.74, 6) is -0.0832. The molecule has 1 saturated heterocycles. The smallest absolute Gasteiger partial charge is 0.325 e. The summed E-state index contributed by atoms with van der Waals surface area (Å²) in [6.45, 7) is 7.62. The van der Waals surface area contributed by atoms with E-state index in [1.165, 1.54) is 0 Å². The third-order valence-corrected chi connectivity index (χ3v) is 5.32. The van der Waals surface area contributed by atoms with Crippen molar-refractivity contribution in [3.05, 3.63) is 65.2 Å². The molecule has 0 saturated carbocycles. The summed E-state index contributed by atoms with van der Waals surface area (Å²) in [5, 5.41) is 2.71. The number of hydrogen-bond acceptors (Lipinski definition) is 4. The summed E-state index contributed by atoms with van der Waals surface area (Å²) in [6, 6.07) is 13.6. The van der Waals surface area contributed by atoms with Crippen LogP contribution in [0.4, 0.5) is 4.79 Å². The second-order valence-electron chi connectivity index (χ2n) is 8.43. The van der Waals surface area contributed by atoms with Gasteiger partial charge in [-0.05, 0) is 35.6 Å². The minimum atomic E-state index is -1.22. The number of ether oxygens (including phenoxy) is 1. The third kappa shape index (κ3) is 3.88. The van der Waals surface area contributed by atoms with E-state index in [0.717, 1.165) is 10.5 Å². The van der Waals surface area contributed by atoms with Crippen LogP contribution in [0, 0.1) is 0 Å². The number of amides is 3. The molecule has 0 bridgehead atoms. The number of carbonyl (C=O) groups is 3. The minimum Gasteiger partial charge on any atom is -0.497 e. The quantitative estimate of drug-likeness (QED) is 0.621. The standard InChI is InChI=1S/C23H26N2O4/c1-22(2,3)16-8-6-15(7-9-16)19(26)14-25-20(27)23(4,24-21(25)28)17-10-12-18(29-5)13-11-17/h6-13H,14H2,1-5H3,(H,24,28). The molecule has 3 rings (SSSR count). The van der Waals surface area contributed by atoms with E-state index < -0.39 is 17.5 Å². The first-order valence-corrected chi connectivity index (χ1v) is 9.48. The molecule has 0 aromatic heterocycles. The maximum atomic E-state index is 13.0. The van der Waals surface area contributed by atoms with Crippen molar-refractivity contribution < 1.29 is 19.1 Å². The Balaban J connectivity index is 1.78. The van der Waals surface area contributed by atoms with E-state index in [9.17, 15) is 14.4 Å². The van der Waals surface area contributed by atoms with Gasteiger partial charge in [0.05, 0.1) is 13.7 Å². The highest BCUT2D eigenvalue weighted by molar-refractivity contribution is 6.11. The van der Waals surface area contributed by atoms with Crippen LogP contribution in [0.1, 0.15) is 49.2 Å². The first-order chi connectivity index (χ1) is 13.6. The lowest BCUT2D eigenvalue weighted by Gasteiger charge is -2.22. The minimum absolute atomic E-state index is 0.0213. The monoisotopic (exact) mass is 394 g/mol. The van der Waals surface area contributed by atoms with E-state index in [1.807, 2.05) is 12.1 Å². The van der Waals surface area contributed by atoms with Crippen LogP contribution < -0.4 is 10.1 Å². The van der Waals surface area contributed by atoms with Crippen molar-refractivity contribution >= 4 is 17.7 Å². The summed E-state index contributed by atoms with van der Waals surface area (Å²) >= 11 is 0. The first-order valence-electron chi connectivity index (χ1n) is 9.48. The van der Waals surface area contributed by atoms with E-state index in [1.54, 1.807) is 50.4 Å². The number of imide groups is 1. The number of carbonyl (C=O) groups excluding carboxylic acids is 3. The van der Waals surface area contributed by atoms with Crippen molar-refractivity contribution in [3.8, 4) is 5.75 Å². The van der Waals surface area contributed by atoms with Crippen LogP contribution in [0.25, 0.3) is 0 Å². The normalized spacial score (nSPS) is 19.3. The summed E-state index contributed by atoms with van der Waals surface area (Å²) in [4.78, 5) is 39.1. The van der Waals surface area contributed by atoms with Crippen molar-refractivity contribution in [1.82, 2.24) is 10.2 Å². The van der Waals surface area contributed by atoms with Crippen molar-refractivity contribution in [2.75, 3.05) is 13.7 Å². The summed E-state index contributed by atoms with van der Waals surface area (Å²) in [6.07, 6.45) is 0. The largest absolute Gasteiger partial charge is 0.497 e. The highest BCUT2D eigenvalue weighted by Crippen LogP contribution is 2.30. The molecule has 1 N–H and O–H groups in total. The highest BCUT2D eigenvalue weighted by atomic mass is 16.5. The fraction of sp³-hybridized carbons (Fsp3) is 0.348. The lowest BCUT2D eigenvalue weighted by molar-refractivity contribution is -0.130. The lowest BCUT2D eigenvalue weighted by atomic mass is 9.86. The zero-order chi connectivity index (χ0) is 21.4. The van der Waals surface area contributed by atoms with Crippen LogP contribution in [0.2, 0.25) is 0 Å². The fourth-order valence-electron chi connectivity index (χ4n) is 3.35. The van der Waals surface area contributed by atoms with E-state index in [2.05, 4.69) is 26.1 Å². The van der Waals surface area contributed by atoms with Gasteiger partial charge in [-0.2, -0.15) is 0 Å². The lowest BCUT2D eigenvalue weighted by Crippen LogP contribution is -2.41. The van der Waals surface area contributed by atoms with E-state index >= 15 is 0 Å². The molecule has 2 aromatic rings. The van der Waals surface area contributed by atoms with Gasteiger partial charge >= 0.3 is 6.03 Å². The molecule has 29 heavy (non-hydrogen) atoms. The van der Waals surface area contributed by atoms with E-state index in [0.29, 0.717) is 16.9 Å². The van der Waals surface area contributed by atoms with Crippen LogP contribution in [0.5, 0.6) is 5.75 Å². The van der Waals surface area contributed by atoms with Gasteiger partial charge in [0.2, 0.25) is 0 Å². The van der Waals surface area contributed by atoms with Gasteiger partial charge in [-0.3, -0.25) is 14.5 Å². The maximum Gasteiger partial charge on any atom is 0.325 e. The average Bonchev–Trinajstić information content (AvgIpc) is 2.91. The number of hydrogen-bond donors (Lipinski definition) is 1. The van der Waals surface area contributed by atoms with Crippen LogP contribution in [0.3, 0.4) is 0 Å². The SMILES string of the molecule is COc1ccc(C2(C)NC(=O)N(CC(=O)c3ccc(C(C)(C)C)cc3)C2=O)cc1. The van der Waals surface area contributed by atoms with Gasteiger partial charge in [-0.15, -0.1) is 0 Å². The van der Waals surface area contributed by atoms with Crippen LogP contribution in [0.15, 0.2) is 48.5 Å². The molecule has 1 heterocycles. The molecule has 6 heteroatoms. The van der Waals surface area contributed by atoms with Crippen molar-refractivity contribution in [2.24, 2.45) is 0 Å². The zero-order valence-corrected chi connectivity index (χ0v) is 17.4. The molecule has 1 unspecified atom stereocenters. The fourth-order valence-corrected chi connectivity index (χ4v) is 3.35. The topological polar surface area (TPSA) is 75.7 Å². The molecule has 3 amide bonds. The molecule has 0 radical (unpaired) electrons. The third-order valence-electron chi connectivity index (χ3n) is 5.32. The Morgan fingerprint density at radius 3 is 2.14 bits per heavy atom. The Hall–Kier alpha value is -3.15. The Kier molecular flexibility index (Phi) is 5.22. The molecule has 2 aromatic carbocycles. The van der Waals surface area contributed by atoms with Crippen molar-refractivity contribution in [2.45, 2.75) is 38.6 Å². The van der Waals surface area contributed by atoms with Crippen LogP contribution in [-0.2, 0) is 15.7 Å². The van der Waals surface area contributed by atoms with Gasteiger partial charge in [0.1, 0.15) is 11.3 Å². The number of nitrogens with one attached hydrogen (secondary N) is 1. The molecule has 6 nitrogen and oxygen atoms in total. The number of rotatable bonds is 5. The zero-order valence-electron chi connectivity index (χ0n) is 17.4. The predicted molar refractivity (Wildman–Crippen MR) is 110 cm³/mol. The summed E-state index contributed by atoms with van der Waals surface area (Å²) in [5.41, 5.74) is 0.959. The molecule has 0 spiro atoms. The number of urea groups is 1. The number of Topliss-reactive ketones (excluding diaryl/α,β-unsaturated/α-hetero) is 1. The van der Waals surface area contributed by atoms with Gasteiger partial charge in [0.25, 0.3) is 5.91 Å². The summed E-state index contributed by atoms with van der Waals surface area (Å²) in [7, 11) is 1.56. The van der Waals surface area contributed by atoms with Crippen LogP contribution in [-0.4, -0.2) is 36.3 Å². The van der Waals surface area contributed by atoms with Gasteiger partial charge < -0.3 is 10.1 Å².